The number of aromatic nitrogens is 2. The summed E-state index contributed by atoms with van der Waals surface area (Å²) in [6.07, 6.45) is 4.25. The minimum Gasteiger partial charge on any atom is -0.476 e. The zero-order chi connectivity index (χ0) is 10.4. The lowest BCUT2D eigenvalue weighted by molar-refractivity contribution is 0.275. The van der Waals surface area contributed by atoms with Gasteiger partial charge in [0.25, 0.3) is 0 Å². The largest absolute Gasteiger partial charge is 0.476 e. The number of hydrogen-bond acceptors (Lipinski definition) is 4. The number of ether oxygens (including phenoxy) is 1. The molecule has 0 unspecified atom stereocenters. The van der Waals surface area contributed by atoms with E-state index in [0.717, 1.165) is 12.1 Å². The van der Waals surface area contributed by atoms with E-state index in [4.69, 9.17) is 10.5 Å². The van der Waals surface area contributed by atoms with Crippen LogP contribution in [0.25, 0.3) is 0 Å². The molecule has 0 aliphatic rings. The lowest BCUT2D eigenvalue weighted by Gasteiger charge is -2.08. The lowest BCUT2D eigenvalue weighted by Crippen LogP contribution is -2.08. The molecule has 1 heterocycles. The van der Waals surface area contributed by atoms with E-state index in [2.05, 4.69) is 23.8 Å². The molecule has 0 spiro atoms. The molecule has 4 heteroatoms. The molecule has 0 atom stereocenters. The molecule has 0 aromatic carbocycles. The van der Waals surface area contributed by atoms with Crippen LogP contribution in [0.1, 0.15) is 26.0 Å². The van der Waals surface area contributed by atoms with Crippen LogP contribution in [0.3, 0.4) is 0 Å². The fraction of sp³-hybridized carbons (Fsp3) is 0.600. The van der Waals surface area contributed by atoms with E-state index >= 15 is 0 Å². The quantitative estimate of drug-likeness (QED) is 0.770. The SMILES string of the molecule is CC(C)CCOc1nccnc1CN. The monoisotopic (exact) mass is 195 g/mol. The minimum absolute atomic E-state index is 0.366. The van der Waals surface area contributed by atoms with Crippen LogP contribution in [0, 0.1) is 5.92 Å². The van der Waals surface area contributed by atoms with Gasteiger partial charge in [0.15, 0.2) is 0 Å². The highest BCUT2D eigenvalue weighted by molar-refractivity contribution is 5.16. The Balaban J connectivity index is 2.49. The molecule has 0 saturated carbocycles. The maximum Gasteiger partial charge on any atom is 0.236 e. The Labute approximate surface area is 84.5 Å². The zero-order valence-corrected chi connectivity index (χ0v) is 8.73. The van der Waals surface area contributed by atoms with Gasteiger partial charge in [-0.25, -0.2) is 4.98 Å². The average molecular weight is 195 g/mol. The van der Waals surface area contributed by atoms with Crippen molar-refractivity contribution < 1.29 is 4.74 Å². The molecule has 0 aliphatic heterocycles. The van der Waals surface area contributed by atoms with Gasteiger partial charge in [0.05, 0.1) is 6.61 Å². The Bertz CT molecular complexity index is 276. The first-order chi connectivity index (χ1) is 6.74. The van der Waals surface area contributed by atoms with E-state index < -0.39 is 0 Å². The molecule has 1 aromatic rings. The highest BCUT2D eigenvalue weighted by Gasteiger charge is 2.04. The Hall–Kier alpha value is -1.16. The average Bonchev–Trinajstić information content (AvgIpc) is 2.18. The summed E-state index contributed by atoms with van der Waals surface area (Å²) in [4.78, 5) is 8.16. The highest BCUT2D eigenvalue weighted by atomic mass is 16.5. The first-order valence-electron chi connectivity index (χ1n) is 4.86. The molecule has 78 valence electrons. The Morgan fingerprint density at radius 2 is 2.07 bits per heavy atom. The molecule has 2 N–H and O–H groups in total. The fourth-order valence-corrected chi connectivity index (χ4v) is 1.01. The first-order valence-corrected chi connectivity index (χ1v) is 4.86. The van der Waals surface area contributed by atoms with Crippen LogP contribution in [0.2, 0.25) is 0 Å². The molecule has 0 bridgehead atoms. The lowest BCUT2D eigenvalue weighted by atomic mass is 10.1. The highest BCUT2D eigenvalue weighted by Crippen LogP contribution is 2.11. The van der Waals surface area contributed by atoms with E-state index in [1.165, 1.54) is 0 Å². The van der Waals surface area contributed by atoms with Crippen molar-refractivity contribution in [3.05, 3.63) is 18.1 Å². The second-order valence-corrected chi connectivity index (χ2v) is 3.54. The van der Waals surface area contributed by atoms with Crippen LogP contribution in [-0.4, -0.2) is 16.6 Å². The van der Waals surface area contributed by atoms with Crippen LogP contribution in [-0.2, 0) is 6.54 Å². The normalized spacial score (nSPS) is 10.6. The number of rotatable bonds is 5. The molecule has 0 radical (unpaired) electrons. The van der Waals surface area contributed by atoms with Gasteiger partial charge in [0, 0.05) is 18.9 Å². The van der Waals surface area contributed by atoms with Crippen molar-refractivity contribution in [1.82, 2.24) is 9.97 Å². The summed E-state index contributed by atoms with van der Waals surface area (Å²) in [5, 5.41) is 0. The summed E-state index contributed by atoms with van der Waals surface area (Å²) in [5.41, 5.74) is 6.22. The number of nitrogens with two attached hydrogens (primary N) is 1. The third kappa shape index (κ3) is 3.30. The molecule has 14 heavy (non-hydrogen) atoms. The van der Waals surface area contributed by atoms with Crippen LogP contribution in [0.5, 0.6) is 5.88 Å². The molecule has 0 aliphatic carbocycles. The zero-order valence-electron chi connectivity index (χ0n) is 8.73. The van der Waals surface area contributed by atoms with Crippen molar-refractivity contribution in [2.45, 2.75) is 26.8 Å². The van der Waals surface area contributed by atoms with E-state index in [1.54, 1.807) is 12.4 Å². The van der Waals surface area contributed by atoms with E-state index in [-0.39, 0.29) is 0 Å². The smallest absolute Gasteiger partial charge is 0.236 e. The summed E-state index contributed by atoms with van der Waals surface area (Å²) in [7, 11) is 0. The van der Waals surface area contributed by atoms with Gasteiger partial charge >= 0.3 is 0 Å². The van der Waals surface area contributed by atoms with Crippen LogP contribution < -0.4 is 10.5 Å². The molecular weight excluding hydrogens is 178 g/mol. The van der Waals surface area contributed by atoms with Crippen molar-refractivity contribution in [3.8, 4) is 5.88 Å². The van der Waals surface area contributed by atoms with Crippen molar-refractivity contribution >= 4 is 0 Å². The van der Waals surface area contributed by atoms with Crippen LogP contribution >= 0.6 is 0 Å². The predicted octanol–water partition coefficient (Wildman–Crippen LogP) is 1.36. The van der Waals surface area contributed by atoms with Gasteiger partial charge in [-0.05, 0) is 12.3 Å². The Morgan fingerprint density at radius 1 is 1.36 bits per heavy atom. The van der Waals surface area contributed by atoms with Crippen LogP contribution in [0.15, 0.2) is 12.4 Å². The van der Waals surface area contributed by atoms with Gasteiger partial charge in [-0.2, -0.15) is 0 Å². The minimum atomic E-state index is 0.366. The van der Waals surface area contributed by atoms with Gasteiger partial charge in [-0.3, -0.25) is 4.98 Å². The van der Waals surface area contributed by atoms with Gasteiger partial charge in [0.2, 0.25) is 5.88 Å². The molecular formula is C10H17N3O. The fourth-order valence-electron chi connectivity index (χ4n) is 1.01. The van der Waals surface area contributed by atoms with E-state index in [0.29, 0.717) is 24.9 Å². The molecule has 0 fully saturated rings. The van der Waals surface area contributed by atoms with Gasteiger partial charge in [0.1, 0.15) is 5.69 Å². The molecule has 0 amide bonds. The third-order valence-corrected chi connectivity index (χ3v) is 1.86. The number of hydrogen-bond donors (Lipinski definition) is 1. The second-order valence-electron chi connectivity index (χ2n) is 3.54. The first kappa shape index (κ1) is 10.9. The Kier molecular flexibility index (Phi) is 4.32. The van der Waals surface area contributed by atoms with Crippen molar-refractivity contribution in [1.29, 1.82) is 0 Å². The van der Waals surface area contributed by atoms with E-state index in [1.807, 2.05) is 0 Å². The van der Waals surface area contributed by atoms with Crippen molar-refractivity contribution in [2.75, 3.05) is 6.61 Å². The maximum absolute atomic E-state index is 5.50. The molecule has 1 aromatic heterocycles. The molecule has 4 nitrogen and oxygen atoms in total. The van der Waals surface area contributed by atoms with E-state index in [9.17, 15) is 0 Å². The number of nitrogens with zero attached hydrogens (tertiary/aromatic N) is 2. The van der Waals surface area contributed by atoms with Gasteiger partial charge in [-0.15, -0.1) is 0 Å². The summed E-state index contributed by atoms with van der Waals surface area (Å²) in [6.45, 7) is 5.35. The third-order valence-electron chi connectivity index (χ3n) is 1.86. The molecule has 1 rings (SSSR count). The van der Waals surface area contributed by atoms with Gasteiger partial charge in [-0.1, -0.05) is 13.8 Å². The molecule has 0 saturated heterocycles. The summed E-state index contributed by atoms with van der Waals surface area (Å²) in [6, 6.07) is 0. The Morgan fingerprint density at radius 3 is 2.71 bits per heavy atom. The summed E-state index contributed by atoms with van der Waals surface area (Å²) < 4.78 is 5.49. The second kappa shape index (κ2) is 5.54. The topological polar surface area (TPSA) is 61.0 Å². The van der Waals surface area contributed by atoms with Crippen molar-refractivity contribution in [3.63, 3.8) is 0 Å². The summed E-state index contributed by atoms with van der Waals surface area (Å²) >= 11 is 0. The summed E-state index contributed by atoms with van der Waals surface area (Å²) in [5.74, 6) is 1.20. The van der Waals surface area contributed by atoms with Gasteiger partial charge < -0.3 is 10.5 Å². The van der Waals surface area contributed by atoms with Crippen LogP contribution in [0.4, 0.5) is 0 Å². The van der Waals surface area contributed by atoms with Crippen molar-refractivity contribution in [2.24, 2.45) is 11.7 Å². The predicted molar refractivity (Wildman–Crippen MR) is 54.9 cm³/mol. The maximum atomic E-state index is 5.50. The standard InChI is InChI=1S/C10H17N3O/c1-8(2)3-6-14-10-9(7-11)12-4-5-13-10/h4-5,8H,3,6-7,11H2,1-2H3.